The maximum absolute atomic E-state index is 12.5. The second-order valence-corrected chi connectivity index (χ2v) is 9.80. The maximum Gasteiger partial charge on any atom is 0.242 e. The molecule has 1 N–H and O–H groups in total. The second-order valence-electron chi connectivity index (χ2n) is 8.03. The zero-order chi connectivity index (χ0) is 20.0. The number of aromatic nitrogens is 1. The smallest absolute Gasteiger partial charge is 0.242 e. The molecular formula is C20H34N4O3S. The van der Waals surface area contributed by atoms with Crippen molar-refractivity contribution in [1.82, 2.24) is 19.5 Å². The molecular weight excluding hydrogens is 376 g/mol. The molecule has 0 aliphatic carbocycles. The highest BCUT2D eigenvalue weighted by Crippen LogP contribution is 2.24. The van der Waals surface area contributed by atoms with Crippen LogP contribution in [0.3, 0.4) is 0 Å². The number of piperidine rings is 1. The van der Waals surface area contributed by atoms with Gasteiger partial charge in [0.1, 0.15) is 4.90 Å². The van der Waals surface area contributed by atoms with Gasteiger partial charge in [-0.15, -0.1) is 0 Å². The Kier molecular flexibility index (Phi) is 7.82. The minimum Gasteiger partial charge on any atom is -0.381 e. The maximum atomic E-state index is 12.5. The van der Waals surface area contributed by atoms with Gasteiger partial charge in [-0.25, -0.2) is 13.1 Å². The molecule has 1 aromatic heterocycles. The topological polar surface area (TPSA) is 74.8 Å². The zero-order valence-corrected chi connectivity index (χ0v) is 17.9. The van der Waals surface area contributed by atoms with E-state index in [4.69, 9.17) is 4.74 Å². The molecule has 2 saturated heterocycles. The van der Waals surface area contributed by atoms with Gasteiger partial charge in [0, 0.05) is 56.8 Å². The summed E-state index contributed by atoms with van der Waals surface area (Å²) in [6, 6.07) is 4.80. The van der Waals surface area contributed by atoms with Crippen molar-refractivity contribution in [2.45, 2.75) is 62.6 Å². The van der Waals surface area contributed by atoms with Crippen LogP contribution >= 0.6 is 0 Å². The first kappa shape index (κ1) is 21.6. The van der Waals surface area contributed by atoms with Crippen LogP contribution in [0.5, 0.6) is 0 Å². The lowest BCUT2D eigenvalue weighted by atomic mass is 9.97. The van der Waals surface area contributed by atoms with Gasteiger partial charge >= 0.3 is 0 Å². The summed E-state index contributed by atoms with van der Waals surface area (Å²) in [7, 11) is -3.51. The molecule has 158 valence electrons. The molecule has 0 unspecified atom stereocenters. The van der Waals surface area contributed by atoms with E-state index >= 15 is 0 Å². The van der Waals surface area contributed by atoms with Crippen LogP contribution in [0.4, 0.5) is 0 Å². The van der Waals surface area contributed by atoms with Crippen molar-refractivity contribution in [2.24, 2.45) is 0 Å². The molecule has 8 heteroatoms. The lowest BCUT2D eigenvalue weighted by Gasteiger charge is -2.44. The Morgan fingerprint density at radius 1 is 1.21 bits per heavy atom. The third-order valence-electron chi connectivity index (χ3n) is 5.97. The van der Waals surface area contributed by atoms with Gasteiger partial charge in [-0.05, 0) is 64.8 Å². The molecule has 0 bridgehead atoms. The van der Waals surface area contributed by atoms with Crippen LogP contribution in [0.2, 0.25) is 0 Å². The standard InChI is InChI=1S/C20H34N4O3S/c1-17(2)23-11-5-18(6-12-23)24(19-7-14-27-15-8-19)13-10-22-28(25,26)20-4-3-9-21-16-20/h3-4,9,16-19,22H,5-8,10-15H2,1-2H3. The molecule has 0 amide bonds. The summed E-state index contributed by atoms with van der Waals surface area (Å²) in [5.41, 5.74) is 0. The third kappa shape index (κ3) is 5.73. The van der Waals surface area contributed by atoms with E-state index in [0.29, 0.717) is 24.7 Å². The molecule has 2 fully saturated rings. The number of sulfonamides is 1. The fourth-order valence-electron chi connectivity index (χ4n) is 4.31. The highest BCUT2D eigenvalue weighted by atomic mass is 32.2. The monoisotopic (exact) mass is 410 g/mol. The van der Waals surface area contributed by atoms with Crippen LogP contribution < -0.4 is 4.72 Å². The fraction of sp³-hybridized carbons (Fsp3) is 0.750. The second kappa shape index (κ2) is 10.1. The van der Waals surface area contributed by atoms with Gasteiger partial charge in [0.2, 0.25) is 10.0 Å². The summed E-state index contributed by atoms with van der Waals surface area (Å²) in [5.74, 6) is 0. The van der Waals surface area contributed by atoms with Gasteiger partial charge < -0.3 is 9.64 Å². The van der Waals surface area contributed by atoms with Crippen molar-refractivity contribution in [1.29, 1.82) is 0 Å². The van der Waals surface area contributed by atoms with Gasteiger partial charge in [0.05, 0.1) is 0 Å². The molecule has 0 aromatic carbocycles. The molecule has 2 aliphatic heterocycles. The summed E-state index contributed by atoms with van der Waals surface area (Å²) in [6.07, 6.45) is 7.31. The molecule has 1 aromatic rings. The summed E-state index contributed by atoms with van der Waals surface area (Å²) in [5, 5.41) is 0. The molecule has 3 heterocycles. The van der Waals surface area contributed by atoms with Gasteiger partial charge in [-0.2, -0.15) is 0 Å². The Balaban J connectivity index is 1.60. The van der Waals surface area contributed by atoms with E-state index < -0.39 is 10.0 Å². The Morgan fingerprint density at radius 3 is 2.50 bits per heavy atom. The molecule has 2 aliphatic rings. The number of likely N-dealkylation sites (tertiary alicyclic amines) is 1. The lowest BCUT2D eigenvalue weighted by molar-refractivity contribution is 0.000518. The number of hydrogen-bond acceptors (Lipinski definition) is 6. The quantitative estimate of drug-likeness (QED) is 0.703. The van der Waals surface area contributed by atoms with Crippen molar-refractivity contribution in [3.63, 3.8) is 0 Å². The van der Waals surface area contributed by atoms with Crippen molar-refractivity contribution in [3.05, 3.63) is 24.5 Å². The van der Waals surface area contributed by atoms with Gasteiger partial charge in [-0.3, -0.25) is 9.88 Å². The Morgan fingerprint density at radius 2 is 1.89 bits per heavy atom. The van der Waals surface area contributed by atoms with E-state index in [9.17, 15) is 8.42 Å². The molecule has 0 atom stereocenters. The minimum absolute atomic E-state index is 0.220. The lowest BCUT2D eigenvalue weighted by Crippen LogP contribution is -2.53. The van der Waals surface area contributed by atoms with E-state index in [1.807, 2.05) is 0 Å². The first-order valence-corrected chi connectivity index (χ1v) is 11.9. The normalized spacial score (nSPS) is 20.9. The Bertz CT molecular complexity index is 685. The van der Waals surface area contributed by atoms with E-state index in [2.05, 4.69) is 33.4 Å². The largest absolute Gasteiger partial charge is 0.381 e. The van der Waals surface area contributed by atoms with Gasteiger partial charge in [0.25, 0.3) is 0 Å². The Hall–Kier alpha value is -1.06. The van der Waals surface area contributed by atoms with Crippen LogP contribution in [0.25, 0.3) is 0 Å². The number of rotatable bonds is 8. The number of nitrogens with one attached hydrogen (secondary N) is 1. The van der Waals surface area contributed by atoms with Crippen molar-refractivity contribution < 1.29 is 13.2 Å². The molecule has 28 heavy (non-hydrogen) atoms. The molecule has 0 radical (unpaired) electrons. The first-order chi connectivity index (χ1) is 13.5. The number of hydrogen-bond donors (Lipinski definition) is 1. The third-order valence-corrected chi connectivity index (χ3v) is 7.41. The molecule has 0 saturated carbocycles. The van der Waals surface area contributed by atoms with Crippen LogP contribution in [0.15, 0.2) is 29.4 Å². The highest BCUT2D eigenvalue weighted by Gasteiger charge is 2.31. The van der Waals surface area contributed by atoms with E-state index in [0.717, 1.165) is 58.5 Å². The van der Waals surface area contributed by atoms with E-state index in [1.54, 1.807) is 18.3 Å². The van der Waals surface area contributed by atoms with Crippen molar-refractivity contribution in [3.8, 4) is 0 Å². The number of pyridine rings is 1. The summed E-state index contributed by atoms with van der Waals surface area (Å²) in [4.78, 5) is 9.21. The zero-order valence-electron chi connectivity index (χ0n) is 17.1. The van der Waals surface area contributed by atoms with E-state index in [1.165, 1.54) is 6.20 Å². The molecule has 0 spiro atoms. The van der Waals surface area contributed by atoms with Gasteiger partial charge in [0.15, 0.2) is 0 Å². The minimum atomic E-state index is -3.51. The highest BCUT2D eigenvalue weighted by molar-refractivity contribution is 7.89. The van der Waals surface area contributed by atoms with Gasteiger partial charge in [-0.1, -0.05) is 0 Å². The van der Waals surface area contributed by atoms with Crippen molar-refractivity contribution in [2.75, 3.05) is 39.4 Å². The SMILES string of the molecule is CC(C)N1CCC(N(CCNS(=O)(=O)c2cccnc2)C2CCOCC2)CC1. The predicted molar refractivity (Wildman–Crippen MR) is 110 cm³/mol. The van der Waals surface area contributed by atoms with Crippen LogP contribution in [-0.4, -0.2) is 80.7 Å². The molecule has 7 nitrogen and oxygen atoms in total. The first-order valence-electron chi connectivity index (χ1n) is 10.4. The average molecular weight is 411 g/mol. The van der Waals surface area contributed by atoms with Crippen LogP contribution in [0.1, 0.15) is 39.5 Å². The Labute approximate surface area is 169 Å². The summed E-state index contributed by atoms with van der Waals surface area (Å²) in [6.45, 7) is 9.48. The molecule has 3 rings (SSSR count). The summed E-state index contributed by atoms with van der Waals surface area (Å²) >= 11 is 0. The predicted octanol–water partition coefficient (Wildman–Crippen LogP) is 1.71. The van der Waals surface area contributed by atoms with Crippen LogP contribution in [0, 0.1) is 0 Å². The average Bonchev–Trinajstić information content (AvgIpc) is 2.72. The number of nitrogens with zero attached hydrogens (tertiary/aromatic N) is 3. The van der Waals surface area contributed by atoms with E-state index in [-0.39, 0.29) is 4.90 Å². The van der Waals surface area contributed by atoms with Crippen molar-refractivity contribution >= 4 is 10.0 Å². The van der Waals surface area contributed by atoms with Crippen LogP contribution in [-0.2, 0) is 14.8 Å². The fourth-order valence-corrected chi connectivity index (χ4v) is 5.30. The number of ether oxygens (including phenoxy) is 1. The summed E-state index contributed by atoms with van der Waals surface area (Å²) < 4.78 is 33.3.